The Morgan fingerprint density at radius 2 is 1.50 bits per heavy atom. The zero-order chi connectivity index (χ0) is 11.4. The van der Waals surface area contributed by atoms with Gasteiger partial charge in [0.15, 0.2) is 0 Å². The first-order valence-electron chi connectivity index (χ1n) is 6.88. The van der Waals surface area contributed by atoms with Gasteiger partial charge in [-0.15, -0.1) is 0 Å². The highest BCUT2D eigenvalue weighted by Crippen LogP contribution is 2.64. The van der Waals surface area contributed by atoms with Crippen molar-refractivity contribution in [2.24, 2.45) is 23.2 Å². The molecule has 0 spiro atoms. The largest absolute Gasteiger partial charge is 0.396 e. The first-order chi connectivity index (χ1) is 7.55. The van der Waals surface area contributed by atoms with Gasteiger partial charge in [0, 0.05) is 6.61 Å². The van der Waals surface area contributed by atoms with E-state index in [-0.39, 0.29) is 12.0 Å². The zero-order valence-corrected chi connectivity index (χ0v) is 10.3. The van der Waals surface area contributed by atoms with E-state index in [1.165, 1.54) is 38.5 Å². The van der Waals surface area contributed by atoms with Gasteiger partial charge < -0.3 is 10.2 Å². The number of aliphatic hydroxyl groups excluding tert-OH is 1. The molecule has 0 aromatic heterocycles. The molecular formula is C14H24O2. The Bertz CT molecular complexity index is 247. The van der Waals surface area contributed by atoms with E-state index in [9.17, 15) is 5.11 Å². The van der Waals surface area contributed by atoms with Crippen molar-refractivity contribution in [3.05, 3.63) is 0 Å². The molecule has 16 heavy (non-hydrogen) atoms. The monoisotopic (exact) mass is 224 g/mol. The van der Waals surface area contributed by atoms with E-state index >= 15 is 0 Å². The van der Waals surface area contributed by atoms with Crippen molar-refractivity contribution in [3.63, 3.8) is 0 Å². The van der Waals surface area contributed by atoms with E-state index < -0.39 is 5.60 Å². The number of rotatable bonds is 3. The van der Waals surface area contributed by atoms with Crippen LogP contribution in [-0.4, -0.2) is 22.4 Å². The van der Waals surface area contributed by atoms with Gasteiger partial charge in [-0.2, -0.15) is 0 Å². The fourth-order valence-corrected chi connectivity index (χ4v) is 5.25. The van der Waals surface area contributed by atoms with E-state index in [1.807, 2.05) is 6.92 Å². The summed E-state index contributed by atoms with van der Waals surface area (Å²) in [5, 5.41) is 19.9. The van der Waals surface area contributed by atoms with Crippen LogP contribution >= 0.6 is 0 Å². The second kappa shape index (κ2) is 3.46. The fourth-order valence-electron chi connectivity index (χ4n) is 5.25. The lowest BCUT2D eigenvalue weighted by molar-refractivity contribution is -0.176. The van der Waals surface area contributed by atoms with Gasteiger partial charge in [-0.05, 0) is 75.0 Å². The van der Waals surface area contributed by atoms with Crippen LogP contribution in [0.25, 0.3) is 0 Å². The molecule has 92 valence electrons. The molecule has 1 atom stereocenters. The minimum atomic E-state index is -0.641. The molecule has 4 bridgehead atoms. The standard InChI is InChI=1S/C14H24O2/c1-13(16,2-3-15)14-7-10-4-11(8-14)6-12(5-10)9-14/h10-12,15-16H,2-9H2,1H3/t10?,11?,12?,13-,14?/m0/s1. The average molecular weight is 224 g/mol. The van der Waals surface area contributed by atoms with Crippen molar-refractivity contribution in [2.75, 3.05) is 6.61 Å². The maximum atomic E-state index is 10.7. The lowest BCUT2D eigenvalue weighted by Crippen LogP contribution is -2.57. The Labute approximate surface area is 98.1 Å². The normalized spacial score (nSPS) is 49.3. The van der Waals surface area contributed by atoms with E-state index in [2.05, 4.69) is 0 Å². The Morgan fingerprint density at radius 3 is 1.88 bits per heavy atom. The molecule has 0 aromatic carbocycles. The first-order valence-corrected chi connectivity index (χ1v) is 6.88. The van der Waals surface area contributed by atoms with Crippen LogP contribution in [-0.2, 0) is 0 Å². The van der Waals surface area contributed by atoms with Crippen LogP contribution in [0.3, 0.4) is 0 Å². The minimum absolute atomic E-state index is 0.120. The number of hydrogen-bond donors (Lipinski definition) is 2. The van der Waals surface area contributed by atoms with Crippen molar-refractivity contribution < 1.29 is 10.2 Å². The molecule has 0 radical (unpaired) electrons. The van der Waals surface area contributed by atoms with Crippen molar-refractivity contribution >= 4 is 0 Å². The molecule has 4 aliphatic rings. The SMILES string of the molecule is C[C@](O)(CCO)C12CC3CC(CC(C3)C1)C2. The summed E-state index contributed by atoms with van der Waals surface area (Å²) in [6, 6.07) is 0. The molecule has 0 saturated heterocycles. The van der Waals surface area contributed by atoms with Crippen LogP contribution < -0.4 is 0 Å². The predicted octanol–water partition coefficient (Wildman–Crippen LogP) is 2.34. The lowest BCUT2D eigenvalue weighted by Gasteiger charge is -2.61. The molecule has 0 amide bonds. The van der Waals surface area contributed by atoms with Crippen LogP contribution in [0, 0.1) is 23.2 Å². The minimum Gasteiger partial charge on any atom is -0.396 e. The first kappa shape index (κ1) is 11.0. The van der Waals surface area contributed by atoms with Crippen LogP contribution in [0.2, 0.25) is 0 Å². The molecular weight excluding hydrogens is 200 g/mol. The van der Waals surface area contributed by atoms with Gasteiger partial charge in [0.05, 0.1) is 5.60 Å². The third kappa shape index (κ3) is 1.46. The molecule has 2 heteroatoms. The highest BCUT2D eigenvalue weighted by Gasteiger charge is 2.57. The summed E-state index contributed by atoms with van der Waals surface area (Å²) >= 11 is 0. The van der Waals surface area contributed by atoms with Crippen molar-refractivity contribution in [1.82, 2.24) is 0 Å². The lowest BCUT2D eigenvalue weighted by atomic mass is 9.45. The Hall–Kier alpha value is -0.0800. The summed E-state index contributed by atoms with van der Waals surface area (Å²) < 4.78 is 0. The van der Waals surface area contributed by atoms with Crippen LogP contribution in [0.15, 0.2) is 0 Å². The summed E-state index contributed by atoms with van der Waals surface area (Å²) in [6.45, 7) is 2.09. The van der Waals surface area contributed by atoms with E-state index in [0.717, 1.165) is 17.8 Å². The molecule has 0 aliphatic heterocycles. The molecule has 4 saturated carbocycles. The molecule has 4 fully saturated rings. The van der Waals surface area contributed by atoms with Crippen LogP contribution in [0.4, 0.5) is 0 Å². The number of aliphatic hydroxyl groups is 2. The van der Waals surface area contributed by atoms with Crippen molar-refractivity contribution in [2.45, 2.75) is 57.5 Å². The Balaban J connectivity index is 1.88. The highest BCUT2D eigenvalue weighted by molar-refractivity contribution is 5.08. The van der Waals surface area contributed by atoms with Gasteiger partial charge in [0.2, 0.25) is 0 Å². The van der Waals surface area contributed by atoms with Gasteiger partial charge >= 0.3 is 0 Å². The molecule has 2 nitrogen and oxygen atoms in total. The molecule has 4 aliphatic carbocycles. The van der Waals surface area contributed by atoms with Crippen molar-refractivity contribution in [3.8, 4) is 0 Å². The molecule has 0 unspecified atom stereocenters. The summed E-state index contributed by atoms with van der Waals surface area (Å²) in [5.41, 5.74) is -0.498. The van der Waals surface area contributed by atoms with Crippen LogP contribution in [0.5, 0.6) is 0 Å². The van der Waals surface area contributed by atoms with E-state index in [0.29, 0.717) is 6.42 Å². The smallest absolute Gasteiger partial charge is 0.0697 e. The summed E-state index contributed by atoms with van der Waals surface area (Å²) in [4.78, 5) is 0. The van der Waals surface area contributed by atoms with Crippen LogP contribution in [0.1, 0.15) is 51.9 Å². The molecule has 4 rings (SSSR count). The second-order valence-corrected chi connectivity index (χ2v) is 6.95. The predicted molar refractivity (Wildman–Crippen MR) is 62.9 cm³/mol. The maximum absolute atomic E-state index is 10.7. The molecule has 0 heterocycles. The maximum Gasteiger partial charge on any atom is 0.0697 e. The average Bonchev–Trinajstić information content (AvgIpc) is 2.14. The summed E-state index contributed by atoms with van der Waals surface area (Å²) in [6.07, 6.45) is 8.43. The third-order valence-corrected chi connectivity index (χ3v) is 5.78. The van der Waals surface area contributed by atoms with Crippen molar-refractivity contribution in [1.29, 1.82) is 0 Å². The zero-order valence-electron chi connectivity index (χ0n) is 10.3. The third-order valence-electron chi connectivity index (χ3n) is 5.78. The van der Waals surface area contributed by atoms with Gasteiger partial charge in [-0.3, -0.25) is 0 Å². The Morgan fingerprint density at radius 1 is 1.06 bits per heavy atom. The summed E-state index contributed by atoms with van der Waals surface area (Å²) in [5.74, 6) is 2.62. The van der Waals surface area contributed by atoms with E-state index in [4.69, 9.17) is 5.11 Å². The number of hydrogen-bond acceptors (Lipinski definition) is 2. The highest BCUT2D eigenvalue weighted by atomic mass is 16.3. The van der Waals surface area contributed by atoms with E-state index in [1.54, 1.807) is 0 Å². The van der Waals surface area contributed by atoms with Gasteiger partial charge in [-0.25, -0.2) is 0 Å². The quantitative estimate of drug-likeness (QED) is 0.772. The molecule has 2 N–H and O–H groups in total. The molecule has 0 aromatic rings. The fraction of sp³-hybridized carbons (Fsp3) is 1.00. The Kier molecular flexibility index (Phi) is 2.38. The topological polar surface area (TPSA) is 40.5 Å². The second-order valence-electron chi connectivity index (χ2n) is 6.95. The van der Waals surface area contributed by atoms with Gasteiger partial charge in [0.25, 0.3) is 0 Å². The van der Waals surface area contributed by atoms with Gasteiger partial charge in [0.1, 0.15) is 0 Å². The summed E-state index contributed by atoms with van der Waals surface area (Å²) in [7, 11) is 0. The van der Waals surface area contributed by atoms with Gasteiger partial charge in [-0.1, -0.05) is 0 Å².